The highest BCUT2D eigenvalue weighted by Gasteiger charge is 2.32. The number of carbonyl (C=O) groups excluding carboxylic acids is 2. The monoisotopic (exact) mass is 484 g/mol. The number of rotatable bonds is 7. The molecule has 0 bridgehead atoms. The van der Waals surface area contributed by atoms with Gasteiger partial charge in [-0.05, 0) is 72.1 Å². The first kappa shape index (κ1) is 23.7. The Morgan fingerprint density at radius 3 is 2.49 bits per heavy atom. The normalized spacial score (nSPS) is 18.3. The van der Waals surface area contributed by atoms with Gasteiger partial charge in [0.05, 0.1) is 11.8 Å². The molecule has 35 heavy (non-hydrogen) atoms. The van der Waals surface area contributed by atoms with Crippen LogP contribution < -0.4 is 5.32 Å². The molecule has 3 aromatic carbocycles. The first-order valence-corrected chi connectivity index (χ1v) is 13.6. The molecule has 1 saturated heterocycles. The van der Waals surface area contributed by atoms with Crippen LogP contribution in [0.1, 0.15) is 75.8 Å². The summed E-state index contributed by atoms with van der Waals surface area (Å²) in [6.07, 6.45) is 5.67. The van der Waals surface area contributed by atoms with Crippen molar-refractivity contribution in [1.82, 2.24) is 10.2 Å². The largest absolute Gasteiger partial charge is 0.345 e. The second kappa shape index (κ2) is 10.7. The van der Waals surface area contributed by atoms with Gasteiger partial charge in [0.25, 0.3) is 5.91 Å². The second-order valence-corrected chi connectivity index (χ2v) is 10.5. The van der Waals surface area contributed by atoms with E-state index in [-0.39, 0.29) is 23.2 Å². The molecule has 1 aliphatic carbocycles. The average Bonchev–Trinajstić information content (AvgIpc) is 3.27. The van der Waals surface area contributed by atoms with Gasteiger partial charge in [-0.2, -0.15) is 0 Å². The maximum absolute atomic E-state index is 13.1. The summed E-state index contributed by atoms with van der Waals surface area (Å²) in [5, 5.41) is 3.21. The Bertz CT molecular complexity index is 1190. The van der Waals surface area contributed by atoms with Crippen LogP contribution in [0.5, 0.6) is 0 Å². The van der Waals surface area contributed by atoms with Crippen LogP contribution in [-0.4, -0.2) is 22.5 Å². The van der Waals surface area contributed by atoms with Gasteiger partial charge in [-0.1, -0.05) is 67.6 Å². The molecule has 5 heteroatoms. The van der Waals surface area contributed by atoms with Gasteiger partial charge in [-0.15, -0.1) is 11.8 Å². The first-order valence-electron chi connectivity index (χ1n) is 12.6. The van der Waals surface area contributed by atoms with Crippen molar-refractivity contribution < 1.29 is 9.59 Å². The van der Waals surface area contributed by atoms with Crippen molar-refractivity contribution in [2.45, 2.75) is 57.0 Å². The molecule has 5 rings (SSSR count). The molecule has 3 aromatic rings. The van der Waals surface area contributed by atoms with Gasteiger partial charge in [0.15, 0.2) is 0 Å². The number of fused-ring (bicyclic) bond motifs is 1. The lowest BCUT2D eigenvalue weighted by molar-refractivity contribution is -0.128. The fourth-order valence-corrected chi connectivity index (χ4v) is 6.30. The maximum Gasteiger partial charge on any atom is 0.251 e. The smallest absolute Gasteiger partial charge is 0.251 e. The summed E-state index contributed by atoms with van der Waals surface area (Å²) in [7, 11) is 0. The predicted molar refractivity (Wildman–Crippen MR) is 142 cm³/mol. The van der Waals surface area contributed by atoms with Crippen LogP contribution in [0.2, 0.25) is 0 Å². The lowest BCUT2D eigenvalue weighted by Crippen LogP contribution is -2.29. The molecule has 2 amide bonds. The van der Waals surface area contributed by atoms with Crippen molar-refractivity contribution in [3.05, 3.63) is 106 Å². The Kier molecular flexibility index (Phi) is 7.24. The minimum absolute atomic E-state index is 0.00113. The van der Waals surface area contributed by atoms with Crippen molar-refractivity contribution in [1.29, 1.82) is 0 Å². The topological polar surface area (TPSA) is 49.4 Å². The highest BCUT2D eigenvalue weighted by atomic mass is 32.2. The number of carbonyl (C=O) groups is 2. The third-order valence-electron chi connectivity index (χ3n) is 7.11. The quantitative estimate of drug-likeness (QED) is 0.433. The Hall–Kier alpha value is -3.05. The molecule has 180 valence electrons. The highest BCUT2D eigenvalue weighted by molar-refractivity contribution is 8.00. The third kappa shape index (κ3) is 5.30. The van der Waals surface area contributed by atoms with Gasteiger partial charge in [0.2, 0.25) is 5.91 Å². The van der Waals surface area contributed by atoms with E-state index in [1.54, 1.807) is 11.8 Å². The third-order valence-corrected chi connectivity index (χ3v) is 8.37. The molecular formula is C30H32N2O2S. The number of amides is 2. The van der Waals surface area contributed by atoms with Crippen LogP contribution in [0.3, 0.4) is 0 Å². The van der Waals surface area contributed by atoms with Crippen molar-refractivity contribution in [3.8, 4) is 0 Å². The zero-order valence-corrected chi connectivity index (χ0v) is 21.0. The lowest BCUT2D eigenvalue weighted by atomic mass is 9.88. The van der Waals surface area contributed by atoms with Gasteiger partial charge in [-0.3, -0.25) is 9.59 Å². The van der Waals surface area contributed by atoms with Gasteiger partial charge in [0, 0.05) is 12.1 Å². The summed E-state index contributed by atoms with van der Waals surface area (Å²) < 4.78 is 0. The maximum atomic E-state index is 13.1. The molecule has 1 N–H and O–H groups in total. The van der Waals surface area contributed by atoms with Crippen molar-refractivity contribution >= 4 is 23.6 Å². The van der Waals surface area contributed by atoms with E-state index < -0.39 is 0 Å². The number of nitrogens with zero attached hydrogens (tertiary/aromatic N) is 1. The van der Waals surface area contributed by atoms with E-state index >= 15 is 0 Å². The number of benzene rings is 3. The number of aryl methyl sites for hydroxylation is 2. The van der Waals surface area contributed by atoms with Crippen molar-refractivity contribution in [2.24, 2.45) is 0 Å². The minimum Gasteiger partial charge on any atom is -0.345 e. The van der Waals surface area contributed by atoms with Crippen molar-refractivity contribution in [2.75, 3.05) is 5.75 Å². The SMILES string of the molecule is CC[C@H](NC(=O)c1ccc([C@H]2SCC(=O)N2Cc2ccccc2)cc1)c1ccc2c(c1)CCCC2. The zero-order chi connectivity index (χ0) is 24.2. The lowest BCUT2D eigenvalue weighted by Gasteiger charge is -2.24. The molecule has 1 heterocycles. The van der Waals surface area contributed by atoms with E-state index in [9.17, 15) is 9.59 Å². The summed E-state index contributed by atoms with van der Waals surface area (Å²) >= 11 is 1.64. The highest BCUT2D eigenvalue weighted by Crippen LogP contribution is 2.39. The van der Waals surface area contributed by atoms with Gasteiger partial charge in [-0.25, -0.2) is 0 Å². The minimum atomic E-state index is -0.0580. The average molecular weight is 485 g/mol. The first-order chi connectivity index (χ1) is 17.1. The number of nitrogens with one attached hydrogen (secondary N) is 1. The van der Waals surface area contributed by atoms with Crippen LogP contribution in [-0.2, 0) is 24.2 Å². The molecule has 1 fully saturated rings. The summed E-state index contributed by atoms with van der Waals surface area (Å²) in [5.74, 6) is 0.581. The number of thioether (sulfide) groups is 1. The van der Waals surface area contributed by atoms with Gasteiger partial charge in [0.1, 0.15) is 5.37 Å². The summed E-state index contributed by atoms with van der Waals surface area (Å²) in [5.41, 5.74) is 6.91. The van der Waals surface area contributed by atoms with E-state index in [0.717, 1.165) is 24.0 Å². The van der Waals surface area contributed by atoms with E-state index in [0.29, 0.717) is 17.9 Å². The molecule has 4 nitrogen and oxygen atoms in total. The fourth-order valence-electron chi connectivity index (χ4n) is 5.11. The molecule has 2 atom stereocenters. The second-order valence-electron chi connectivity index (χ2n) is 9.46. The van der Waals surface area contributed by atoms with Crippen LogP contribution >= 0.6 is 11.8 Å². The number of hydrogen-bond donors (Lipinski definition) is 1. The Morgan fingerprint density at radius 2 is 1.74 bits per heavy atom. The molecule has 1 aliphatic heterocycles. The van der Waals surface area contributed by atoms with Crippen LogP contribution in [0.25, 0.3) is 0 Å². The van der Waals surface area contributed by atoms with E-state index in [1.807, 2.05) is 59.5 Å². The van der Waals surface area contributed by atoms with Crippen LogP contribution in [0, 0.1) is 0 Å². The fraction of sp³-hybridized carbons (Fsp3) is 0.333. The van der Waals surface area contributed by atoms with Gasteiger partial charge >= 0.3 is 0 Å². The van der Waals surface area contributed by atoms with Crippen molar-refractivity contribution in [3.63, 3.8) is 0 Å². The molecule has 0 spiro atoms. The predicted octanol–water partition coefficient (Wildman–Crippen LogP) is 6.22. The van der Waals surface area contributed by atoms with Crippen LogP contribution in [0.4, 0.5) is 0 Å². The molecule has 0 saturated carbocycles. The van der Waals surface area contributed by atoms with Gasteiger partial charge < -0.3 is 10.2 Å². The Labute approximate surface area is 212 Å². The Morgan fingerprint density at radius 1 is 1.00 bits per heavy atom. The zero-order valence-electron chi connectivity index (χ0n) is 20.2. The van der Waals surface area contributed by atoms with E-state index in [2.05, 4.69) is 30.4 Å². The summed E-state index contributed by atoms with van der Waals surface area (Å²) in [6, 6.07) is 24.5. The molecular weight excluding hydrogens is 452 g/mol. The standard InChI is InChI=1S/C30H32N2O2S/c1-2-27(26-17-12-22-10-6-7-11-25(22)18-26)31-29(34)23-13-15-24(16-14-23)30-32(28(33)20-35-30)19-21-8-4-3-5-9-21/h3-5,8-9,12-18,27,30H,2,6-7,10-11,19-20H2,1H3,(H,31,34)/t27-,30+/m0/s1. The summed E-state index contributed by atoms with van der Waals surface area (Å²) in [6.45, 7) is 2.71. The number of hydrogen-bond acceptors (Lipinski definition) is 3. The molecule has 2 aliphatic rings. The van der Waals surface area contributed by atoms with E-state index in [1.165, 1.54) is 36.0 Å². The molecule has 0 radical (unpaired) electrons. The van der Waals surface area contributed by atoms with E-state index in [4.69, 9.17) is 0 Å². The molecule has 0 unspecified atom stereocenters. The summed E-state index contributed by atoms with van der Waals surface area (Å²) in [4.78, 5) is 27.6. The van der Waals surface area contributed by atoms with Crippen LogP contribution in [0.15, 0.2) is 72.8 Å². The Balaban J connectivity index is 1.27. The molecule has 0 aromatic heterocycles.